The van der Waals surface area contributed by atoms with Gasteiger partial charge in [-0.05, 0) is 43.7 Å². The van der Waals surface area contributed by atoms with Crippen LogP contribution in [-0.2, 0) is 16.0 Å². The molecule has 0 aliphatic carbocycles. The van der Waals surface area contributed by atoms with Crippen LogP contribution >= 0.6 is 0 Å². The van der Waals surface area contributed by atoms with Gasteiger partial charge in [-0.2, -0.15) is 0 Å². The molecule has 3 unspecified atom stereocenters. The minimum atomic E-state index is -0.699. The van der Waals surface area contributed by atoms with Crippen molar-refractivity contribution in [2.24, 2.45) is 5.41 Å². The number of hydrogen-bond acceptors (Lipinski definition) is 2. The zero-order valence-corrected chi connectivity index (χ0v) is 10.6. The highest BCUT2D eigenvalue weighted by Gasteiger charge is 2.57. The average Bonchev–Trinajstić information content (AvgIpc) is 2.93. The van der Waals surface area contributed by atoms with Gasteiger partial charge in [-0.3, -0.25) is 4.79 Å². The van der Waals surface area contributed by atoms with E-state index < -0.39 is 11.4 Å². The highest BCUT2D eigenvalue weighted by molar-refractivity contribution is 5.77. The molecule has 2 aliphatic heterocycles. The lowest BCUT2D eigenvalue weighted by atomic mass is 9.70. The number of benzene rings is 1. The van der Waals surface area contributed by atoms with E-state index in [4.69, 9.17) is 4.74 Å². The van der Waals surface area contributed by atoms with Gasteiger partial charge in [0, 0.05) is 0 Å². The SMILES string of the molecule is Cc1ccccc1CC1(C(=O)O)CC2CCC1O2. The molecule has 3 nitrogen and oxygen atoms in total. The van der Waals surface area contributed by atoms with Crippen molar-refractivity contribution in [1.29, 1.82) is 0 Å². The normalized spacial score (nSPS) is 33.8. The number of rotatable bonds is 3. The summed E-state index contributed by atoms with van der Waals surface area (Å²) in [4.78, 5) is 11.7. The van der Waals surface area contributed by atoms with E-state index in [1.807, 2.05) is 31.2 Å². The molecule has 0 amide bonds. The number of fused-ring (bicyclic) bond motifs is 2. The fraction of sp³-hybridized carbons (Fsp3) is 0.533. The number of carboxylic acids is 1. The van der Waals surface area contributed by atoms with Crippen LogP contribution in [0.2, 0.25) is 0 Å². The number of aliphatic carboxylic acids is 1. The minimum Gasteiger partial charge on any atom is -0.481 e. The van der Waals surface area contributed by atoms with Gasteiger partial charge >= 0.3 is 5.97 Å². The molecule has 0 spiro atoms. The van der Waals surface area contributed by atoms with E-state index >= 15 is 0 Å². The molecule has 2 fully saturated rings. The number of ether oxygens (including phenoxy) is 1. The summed E-state index contributed by atoms with van der Waals surface area (Å²) in [7, 11) is 0. The molecule has 3 rings (SSSR count). The van der Waals surface area contributed by atoms with Gasteiger partial charge in [0.1, 0.15) is 5.41 Å². The Morgan fingerprint density at radius 2 is 2.22 bits per heavy atom. The third kappa shape index (κ3) is 1.65. The summed E-state index contributed by atoms with van der Waals surface area (Å²) in [5.41, 5.74) is 1.60. The molecular weight excluding hydrogens is 228 g/mol. The molecule has 2 heterocycles. The lowest BCUT2D eigenvalue weighted by molar-refractivity contribution is -0.152. The molecule has 3 heteroatoms. The molecule has 18 heavy (non-hydrogen) atoms. The average molecular weight is 246 g/mol. The van der Waals surface area contributed by atoms with E-state index in [9.17, 15) is 9.90 Å². The van der Waals surface area contributed by atoms with E-state index in [2.05, 4.69) is 0 Å². The van der Waals surface area contributed by atoms with E-state index in [1.165, 1.54) is 5.56 Å². The number of aryl methyl sites for hydroxylation is 1. The van der Waals surface area contributed by atoms with E-state index in [-0.39, 0.29) is 12.2 Å². The third-order valence-electron chi connectivity index (χ3n) is 4.51. The topological polar surface area (TPSA) is 46.5 Å². The Morgan fingerprint density at radius 3 is 2.78 bits per heavy atom. The minimum absolute atomic E-state index is 0.0976. The molecule has 2 bridgehead atoms. The fourth-order valence-electron chi connectivity index (χ4n) is 3.44. The first-order valence-electron chi connectivity index (χ1n) is 6.55. The van der Waals surface area contributed by atoms with Gasteiger partial charge in [-0.25, -0.2) is 0 Å². The molecule has 0 radical (unpaired) electrons. The van der Waals surface area contributed by atoms with Crippen molar-refractivity contribution in [3.63, 3.8) is 0 Å². The van der Waals surface area contributed by atoms with Gasteiger partial charge in [0.25, 0.3) is 0 Å². The van der Waals surface area contributed by atoms with Crippen LogP contribution in [-0.4, -0.2) is 23.3 Å². The summed E-state index contributed by atoms with van der Waals surface area (Å²) in [6.07, 6.45) is 3.24. The summed E-state index contributed by atoms with van der Waals surface area (Å²) < 4.78 is 5.78. The maximum Gasteiger partial charge on any atom is 0.312 e. The van der Waals surface area contributed by atoms with Crippen LogP contribution in [0.1, 0.15) is 30.4 Å². The van der Waals surface area contributed by atoms with Crippen molar-refractivity contribution < 1.29 is 14.6 Å². The van der Waals surface area contributed by atoms with Crippen LogP contribution in [0.25, 0.3) is 0 Å². The lowest BCUT2D eigenvalue weighted by Crippen LogP contribution is -2.42. The molecule has 1 N–H and O–H groups in total. The highest BCUT2D eigenvalue weighted by Crippen LogP contribution is 2.50. The molecule has 1 aromatic carbocycles. The van der Waals surface area contributed by atoms with E-state index in [0.29, 0.717) is 12.8 Å². The summed E-state index contributed by atoms with van der Waals surface area (Å²) in [6.45, 7) is 2.04. The largest absolute Gasteiger partial charge is 0.481 e. The van der Waals surface area contributed by atoms with Gasteiger partial charge in [0.15, 0.2) is 0 Å². The molecule has 96 valence electrons. The highest BCUT2D eigenvalue weighted by atomic mass is 16.5. The Balaban J connectivity index is 1.93. The maximum absolute atomic E-state index is 11.7. The van der Waals surface area contributed by atoms with Gasteiger partial charge in [0.05, 0.1) is 12.2 Å². The monoisotopic (exact) mass is 246 g/mol. The van der Waals surface area contributed by atoms with Crippen molar-refractivity contribution in [3.05, 3.63) is 35.4 Å². The molecule has 0 saturated carbocycles. The summed E-state index contributed by atoms with van der Waals surface area (Å²) >= 11 is 0. The van der Waals surface area contributed by atoms with Crippen LogP contribution in [0.15, 0.2) is 24.3 Å². The predicted molar refractivity (Wildman–Crippen MR) is 67.5 cm³/mol. The number of carbonyl (C=O) groups is 1. The third-order valence-corrected chi connectivity index (χ3v) is 4.51. The number of carboxylic acid groups (broad SMARTS) is 1. The zero-order valence-electron chi connectivity index (χ0n) is 10.6. The standard InChI is InChI=1S/C15H18O3/c1-10-4-2-3-5-11(10)8-15(14(16)17)9-12-6-7-13(15)18-12/h2-5,12-13H,6-9H2,1H3,(H,16,17). The second-order valence-corrected chi connectivity index (χ2v) is 5.59. The van der Waals surface area contributed by atoms with Crippen LogP contribution in [0, 0.1) is 12.3 Å². The quantitative estimate of drug-likeness (QED) is 0.891. The maximum atomic E-state index is 11.7. The molecule has 2 aliphatic rings. The smallest absolute Gasteiger partial charge is 0.312 e. The lowest BCUT2D eigenvalue weighted by Gasteiger charge is -2.31. The molecule has 2 saturated heterocycles. The summed E-state index contributed by atoms with van der Waals surface area (Å²) in [5.74, 6) is -0.696. The molecule has 0 aromatic heterocycles. The second-order valence-electron chi connectivity index (χ2n) is 5.59. The molecule has 1 aromatic rings. The van der Waals surface area contributed by atoms with E-state index in [1.54, 1.807) is 0 Å². The van der Waals surface area contributed by atoms with Crippen LogP contribution in [0.3, 0.4) is 0 Å². The first-order valence-corrected chi connectivity index (χ1v) is 6.55. The predicted octanol–water partition coefficient (Wildman–Crippen LogP) is 2.56. The van der Waals surface area contributed by atoms with E-state index in [0.717, 1.165) is 18.4 Å². The summed E-state index contributed by atoms with van der Waals surface area (Å²) in [5, 5.41) is 9.66. The zero-order chi connectivity index (χ0) is 12.8. The fourth-order valence-corrected chi connectivity index (χ4v) is 3.44. The second kappa shape index (κ2) is 4.09. The molecular formula is C15H18O3. The Hall–Kier alpha value is -1.35. The number of hydrogen-bond donors (Lipinski definition) is 1. The Morgan fingerprint density at radius 1 is 1.44 bits per heavy atom. The van der Waals surface area contributed by atoms with Gasteiger partial charge in [-0.1, -0.05) is 24.3 Å². The Labute approximate surface area is 107 Å². The summed E-state index contributed by atoms with van der Waals surface area (Å²) in [6, 6.07) is 8.04. The van der Waals surface area contributed by atoms with Crippen molar-refractivity contribution in [2.75, 3.05) is 0 Å². The van der Waals surface area contributed by atoms with Crippen molar-refractivity contribution in [2.45, 2.75) is 44.8 Å². The molecule has 3 atom stereocenters. The Kier molecular flexibility index (Phi) is 2.67. The first kappa shape index (κ1) is 11.7. The van der Waals surface area contributed by atoms with Crippen molar-refractivity contribution >= 4 is 5.97 Å². The van der Waals surface area contributed by atoms with Gasteiger partial charge in [0.2, 0.25) is 0 Å². The first-order chi connectivity index (χ1) is 8.62. The van der Waals surface area contributed by atoms with Crippen LogP contribution in [0.5, 0.6) is 0 Å². The van der Waals surface area contributed by atoms with Crippen LogP contribution in [0.4, 0.5) is 0 Å². The van der Waals surface area contributed by atoms with Crippen LogP contribution < -0.4 is 0 Å². The van der Waals surface area contributed by atoms with Crippen molar-refractivity contribution in [1.82, 2.24) is 0 Å². The van der Waals surface area contributed by atoms with Gasteiger partial charge < -0.3 is 9.84 Å². The Bertz CT molecular complexity index is 482. The van der Waals surface area contributed by atoms with Gasteiger partial charge in [-0.15, -0.1) is 0 Å². The van der Waals surface area contributed by atoms with Crippen molar-refractivity contribution in [3.8, 4) is 0 Å².